The number of ether oxygens (including phenoxy) is 1. The number of hydrogen-bond acceptors (Lipinski definition) is 5. The van der Waals surface area contributed by atoms with Gasteiger partial charge in [0.15, 0.2) is 0 Å². The Kier molecular flexibility index (Phi) is 4.57. The molecule has 29 heavy (non-hydrogen) atoms. The first-order valence-corrected chi connectivity index (χ1v) is 10.4. The van der Waals surface area contributed by atoms with Crippen molar-refractivity contribution in [2.24, 2.45) is 5.92 Å². The largest absolute Gasteiger partial charge is 0.494 e. The molecule has 3 unspecified atom stereocenters. The highest BCUT2D eigenvalue weighted by Crippen LogP contribution is 2.49. The highest BCUT2D eigenvalue weighted by Gasteiger charge is 2.62. The lowest BCUT2D eigenvalue weighted by Crippen LogP contribution is -2.44. The summed E-state index contributed by atoms with van der Waals surface area (Å²) in [6, 6.07) is 14.2. The first-order valence-electron chi connectivity index (χ1n) is 9.99. The summed E-state index contributed by atoms with van der Waals surface area (Å²) >= 11 is 6.07. The summed E-state index contributed by atoms with van der Waals surface area (Å²) < 4.78 is 5.48. The van der Waals surface area contributed by atoms with Gasteiger partial charge in [0.2, 0.25) is 5.91 Å². The quantitative estimate of drug-likeness (QED) is 0.723. The number of imide groups is 1. The minimum absolute atomic E-state index is 0.140. The molecule has 0 saturated carbocycles. The highest BCUT2D eigenvalue weighted by atomic mass is 35.5. The smallest absolute Gasteiger partial charge is 0.253 e. The van der Waals surface area contributed by atoms with Gasteiger partial charge in [-0.05, 0) is 55.3 Å². The number of benzene rings is 2. The van der Waals surface area contributed by atoms with Gasteiger partial charge in [0.25, 0.3) is 5.91 Å². The molecule has 0 N–H and O–H groups in total. The fourth-order valence-electron chi connectivity index (χ4n) is 4.89. The molecule has 6 nitrogen and oxygen atoms in total. The maximum Gasteiger partial charge on any atom is 0.253 e. The third-order valence-electron chi connectivity index (χ3n) is 6.02. The van der Waals surface area contributed by atoms with E-state index < -0.39 is 12.0 Å². The van der Waals surface area contributed by atoms with Gasteiger partial charge in [-0.3, -0.25) is 9.59 Å². The van der Waals surface area contributed by atoms with Gasteiger partial charge in [-0.1, -0.05) is 23.7 Å². The molecule has 2 aromatic rings. The number of amides is 2. The molecule has 0 aromatic heterocycles. The van der Waals surface area contributed by atoms with Crippen LogP contribution in [0, 0.1) is 5.92 Å². The number of anilines is 1. The van der Waals surface area contributed by atoms with E-state index in [0.29, 0.717) is 17.3 Å². The van der Waals surface area contributed by atoms with E-state index in [9.17, 15) is 9.59 Å². The number of rotatable bonds is 4. The summed E-state index contributed by atoms with van der Waals surface area (Å²) in [4.78, 5) is 28.2. The average Bonchev–Trinajstić information content (AvgIpc) is 3.36. The van der Waals surface area contributed by atoms with Crippen molar-refractivity contribution < 1.29 is 14.3 Å². The van der Waals surface area contributed by atoms with E-state index in [1.54, 1.807) is 24.3 Å². The predicted octanol–water partition coefficient (Wildman–Crippen LogP) is 3.27. The van der Waals surface area contributed by atoms with Gasteiger partial charge in [0.05, 0.1) is 24.3 Å². The Balaban J connectivity index is 1.51. The molecule has 0 aliphatic carbocycles. The summed E-state index contributed by atoms with van der Waals surface area (Å²) in [7, 11) is 0. The number of carbonyl (C=O) groups excluding carboxylic acids is 2. The van der Waals surface area contributed by atoms with Crippen molar-refractivity contribution >= 4 is 29.1 Å². The van der Waals surface area contributed by atoms with Crippen molar-refractivity contribution in [1.29, 1.82) is 0 Å². The van der Waals surface area contributed by atoms with Gasteiger partial charge in [0.1, 0.15) is 11.8 Å². The van der Waals surface area contributed by atoms with E-state index in [-0.39, 0.29) is 17.9 Å². The van der Waals surface area contributed by atoms with Gasteiger partial charge >= 0.3 is 0 Å². The predicted molar refractivity (Wildman–Crippen MR) is 110 cm³/mol. The third kappa shape index (κ3) is 2.86. The van der Waals surface area contributed by atoms with Crippen molar-refractivity contribution in [3.63, 3.8) is 0 Å². The van der Waals surface area contributed by atoms with Crippen LogP contribution in [-0.4, -0.2) is 47.6 Å². The lowest BCUT2D eigenvalue weighted by Gasteiger charge is -2.29. The number of hydrazine groups is 1. The second-order valence-electron chi connectivity index (χ2n) is 7.59. The zero-order chi connectivity index (χ0) is 20.1. The van der Waals surface area contributed by atoms with Crippen LogP contribution in [0.2, 0.25) is 5.02 Å². The highest BCUT2D eigenvalue weighted by molar-refractivity contribution is 6.30. The van der Waals surface area contributed by atoms with E-state index in [4.69, 9.17) is 16.3 Å². The second-order valence-corrected chi connectivity index (χ2v) is 8.02. The summed E-state index contributed by atoms with van der Waals surface area (Å²) in [6.07, 6.45) is 0.984. The van der Waals surface area contributed by atoms with Crippen molar-refractivity contribution in [1.82, 2.24) is 10.0 Å². The maximum atomic E-state index is 13.5. The molecule has 0 bridgehead atoms. The average molecular weight is 412 g/mol. The molecule has 5 rings (SSSR count). The van der Waals surface area contributed by atoms with Gasteiger partial charge < -0.3 is 4.74 Å². The summed E-state index contributed by atoms with van der Waals surface area (Å²) in [6.45, 7) is 4.13. The topological polar surface area (TPSA) is 53.1 Å². The van der Waals surface area contributed by atoms with E-state index in [2.05, 4.69) is 10.0 Å². The number of nitrogens with zero attached hydrogens (tertiary/aromatic N) is 3. The van der Waals surface area contributed by atoms with Crippen molar-refractivity contribution in [3.05, 3.63) is 59.1 Å². The van der Waals surface area contributed by atoms with Crippen molar-refractivity contribution in [2.45, 2.75) is 25.4 Å². The molecule has 7 heteroatoms. The van der Waals surface area contributed by atoms with Crippen LogP contribution in [0.15, 0.2) is 48.5 Å². The van der Waals surface area contributed by atoms with E-state index in [0.717, 1.165) is 30.8 Å². The Hall–Kier alpha value is -2.41. The molecule has 3 heterocycles. The standard InChI is InChI=1S/C22H22ClN3O3/c1-2-29-17-10-8-16(9-11-17)26-21(27)18-19(14-4-6-15(23)7-5-14)24-12-3-13-25(24)20(18)22(26)28/h4-11,18-20H,2-3,12-13H2,1H3. The molecule has 3 saturated heterocycles. The molecule has 0 spiro atoms. The fraction of sp³-hybridized carbons (Fsp3) is 0.364. The molecule has 150 valence electrons. The molecular weight excluding hydrogens is 390 g/mol. The Bertz CT molecular complexity index is 947. The minimum atomic E-state index is -0.447. The van der Waals surface area contributed by atoms with Gasteiger partial charge in [-0.25, -0.2) is 14.9 Å². The van der Waals surface area contributed by atoms with E-state index >= 15 is 0 Å². The molecule has 0 radical (unpaired) electrons. The molecule has 3 aliphatic rings. The molecule has 3 fully saturated rings. The first kappa shape index (κ1) is 18.6. The lowest BCUT2D eigenvalue weighted by molar-refractivity contribution is -0.126. The van der Waals surface area contributed by atoms with Crippen LogP contribution in [0.5, 0.6) is 5.75 Å². The lowest BCUT2D eigenvalue weighted by atomic mass is 9.90. The van der Waals surface area contributed by atoms with Crippen LogP contribution >= 0.6 is 11.6 Å². The number of fused-ring (bicyclic) bond motifs is 3. The second kappa shape index (κ2) is 7.13. The SMILES string of the molecule is CCOc1ccc(N2C(=O)C3C(C2=O)N2CCCN2C3c2ccc(Cl)cc2)cc1. The molecule has 2 aromatic carbocycles. The molecule has 2 amide bonds. The molecular formula is C22H22ClN3O3. The van der Waals surface area contributed by atoms with E-state index in [1.807, 2.05) is 31.2 Å². The van der Waals surface area contributed by atoms with Crippen molar-refractivity contribution in [3.8, 4) is 5.75 Å². The summed E-state index contributed by atoms with van der Waals surface area (Å²) in [5.74, 6) is 0.0156. The van der Waals surface area contributed by atoms with E-state index in [1.165, 1.54) is 4.90 Å². The zero-order valence-electron chi connectivity index (χ0n) is 16.1. The summed E-state index contributed by atoms with van der Waals surface area (Å²) in [5, 5.41) is 4.95. The van der Waals surface area contributed by atoms with Crippen LogP contribution < -0.4 is 9.64 Å². The van der Waals surface area contributed by atoms with Gasteiger partial charge in [0, 0.05) is 18.1 Å². The first-order chi connectivity index (χ1) is 14.1. The number of halogens is 1. The Morgan fingerprint density at radius 2 is 1.59 bits per heavy atom. The van der Waals surface area contributed by atoms with Gasteiger partial charge in [-0.2, -0.15) is 0 Å². The number of carbonyl (C=O) groups is 2. The Morgan fingerprint density at radius 1 is 0.931 bits per heavy atom. The fourth-order valence-corrected chi connectivity index (χ4v) is 5.01. The van der Waals surface area contributed by atoms with Crippen LogP contribution in [0.25, 0.3) is 0 Å². The molecule has 3 atom stereocenters. The third-order valence-corrected chi connectivity index (χ3v) is 6.28. The zero-order valence-corrected chi connectivity index (χ0v) is 16.9. The van der Waals surface area contributed by atoms with Crippen molar-refractivity contribution in [2.75, 3.05) is 24.6 Å². The summed E-state index contributed by atoms with van der Waals surface area (Å²) in [5.41, 5.74) is 1.61. The minimum Gasteiger partial charge on any atom is -0.494 e. The number of hydrogen-bond donors (Lipinski definition) is 0. The van der Waals surface area contributed by atoms with Crippen LogP contribution in [-0.2, 0) is 9.59 Å². The monoisotopic (exact) mass is 411 g/mol. The maximum absolute atomic E-state index is 13.5. The Labute approximate surface area is 174 Å². The van der Waals surface area contributed by atoms with Gasteiger partial charge in [-0.15, -0.1) is 0 Å². The Morgan fingerprint density at radius 3 is 2.24 bits per heavy atom. The van der Waals surface area contributed by atoms with Crippen LogP contribution in [0.4, 0.5) is 5.69 Å². The molecule has 3 aliphatic heterocycles. The van der Waals surface area contributed by atoms with Crippen LogP contribution in [0.3, 0.4) is 0 Å². The van der Waals surface area contributed by atoms with Crippen LogP contribution in [0.1, 0.15) is 24.9 Å². The normalized spacial score (nSPS) is 26.8.